The van der Waals surface area contributed by atoms with Crippen molar-refractivity contribution in [3.8, 4) is 0 Å². The molecule has 1 aliphatic heterocycles. The molecule has 0 bridgehead atoms. The molecule has 2 aromatic carbocycles. The largest absolute Gasteiger partial charge is 0.368 e. The fourth-order valence-corrected chi connectivity index (χ4v) is 3.05. The maximum absolute atomic E-state index is 10.9. The van der Waals surface area contributed by atoms with Crippen LogP contribution < -0.4 is 9.80 Å². The molecule has 25 heavy (non-hydrogen) atoms. The Labute approximate surface area is 144 Å². The molecule has 8 heteroatoms. The lowest BCUT2D eigenvalue weighted by Crippen LogP contribution is -2.46. The fraction of sp³-hybridized carbons (Fsp3) is 0.294. The number of aryl methyl sites for hydroxylation is 1. The minimum atomic E-state index is -0.404. The third-order valence-electron chi connectivity index (χ3n) is 4.45. The van der Waals surface area contributed by atoms with Crippen LogP contribution in [0.5, 0.6) is 0 Å². The standard InChI is InChI=1S/C17H18N4O4/c1-13-12-16(6-7-17(13)21(24)25)19-10-8-18(9-11-19)14-2-4-15(5-3-14)20(22)23/h2-7,12H,8-11H2,1H3. The number of anilines is 2. The number of nitro benzene ring substituents is 2. The molecule has 0 amide bonds. The summed E-state index contributed by atoms with van der Waals surface area (Å²) in [6, 6.07) is 11.7. The highest BCUT2D eigenvalue weighted by Gasteiger charge is 2.20. The van der Waals surface area contributed by atoms with E-state index >= 15 is 0 Å². The van der Waals surface area contributed by atoms with Crippen LogP contribution >= 0.6 is 0 Å². The summed E-state index contributed by atoms with van der Waals surface area (Å²) in [7, 11) is 0. The first-order valence-corrected chi connectivity index (χ1v) is 7.95. The normalized spacial score (nSPS) is 14.4. The van der Waals surface area contributed by atoms with Crippen molar-refractivity contribution >= 4 is 22.7 Å². The molecule has 8 nitrogen and oxygen atoms in total. The molecular weight excluding hydrogens is 324 g/mol. The molecule has 1 saturated heterocycles. The molecule has 0 aromatic heterocycles. The maximum Gasteiger partial charge on any atom is 0.272 e. The predicted octanol–water partition coefficient (Wildman–Crippen LogP) is 3.14. The lowest BCUT2D eigenvalue weighted by molar-refractivity contribution is -0.385. The highest BCUT2D eigenvalue weighted by atomic mass is 16.6. The monoisotopic (exact) mass is 342 g/mol. The van der Waals surface area contributed by atoms with Gasteiger partial charge in [0.15, 0.2) is 0 Å². The van der Waals surface area contributed by atoms with Crippen molar-refractivity contribution in [2.24, 2.45) is 0 Å². The first-order valence-electron chi connectivity index (χ1n) is 7.95. The average molecular weight is 342 g/mol. The van der Waals surface area contributed by atoms with Gasteiger partial charge in [-0.2, -0.15) is 0 Å². The van der Waals surface area contributed by atoms with Crippen molar-refractivity contribution in [1.29, 1.82) is 0 Å². The molecule has 0 spiro atoms. The predicted molar refractivity (Wildman–Crippen MR) is 95.4 cm³/mol. The Bertz CT molecular complexity index is 799. The highest BCUT2D eigenvalue weighted by Crippen LogP contribution is 2.26. The van der Waals surface area contributed by atoms with Crippen molar-refractivity contribution in [3.05, 3.63) is 68.3 Å². The highest BCUT2D eigenvalue weighted by molar-refractivity contribution is 5.57. The molecular formula is C17H18N4O4. The van der Waals surface area contributed by atoms with Crippen LogP contribution in [0.4, 0.5) is 22.7 Å². The number of nitro groups is 2. The summed E-state index contributed by atoms with van der Waals surface area (Å²) in [6.45, 7) is 4.89. The van der Waals surface area contributed by atoms with Gasteiger partial charge in [-0.1, -0.05) is 0 Å². The molecule has 0 atom stereocenters. The second-order valence-electron chi connectivity index (χ2n) is 5.98. The number of hydrogen-bond acceptors (Lipinski definition) is 6. The molecule has 0 saturated carbocycles. The van der Waals surface area contributed by atoms with Gasteiger partial charge in [0.2, 0.25) is 0 Å². The van der Waals surface area contributed by atoms with Crippen molar-refractivity contribution in [1.82, 2.24) is 0 Å². The summed E-state index contributed by atoms with van der Waals surface area (Å²) >= 11 is 0. The number of piperazine rings is 1. The Hall–Kier alpha value is -3.16. The number of nitrogens with zero attached hydrogens (tertiary/aromatic N) is 4. The summed E-state index contributed by atoms with van der Waals surface area (Å²) in [5.41, 5.74) is 2.81. The van der Waals surface area contributed by atoms with E-state index in [1.165, 1.54) is 12.1 Å². The lowest BCUT2D eigenvalue weighted by atomic mass is 10.1. The topological polar surface area (TPSA) is 92.8 Å². The zero-order chi connectivity index (χ0) is 18.0. The van der Waals surface area contributed by atoms with E-state index in [1.807, 2.05) is 6.07 Å². The van der Waals surface area contributed by atoms with E-state index in [4.69, 9.17) is 0 Å². The average Bonchev–Trinajstić information content (AvgIpc) is 2.61. The summed E-state index contributed by atoms with van der Waals surface area (Å²) in [4.78, 5) is 25.2. The molecule has 1 fully saturated rings. The molecule has 1 heterocycles. The fourth-order valence-electron chi connectivity index (χ4n) is 3.05. The molecule has 1 aliphatic rings. The van der Waals surface area contributed by atoms with E-state index in [0.717, 1.165) is 37.6 Å². The molecule has 130 valence electrons. The van der Waals surface area contributed by atoms with Gasteiger partial charge in [0.05, 0.1) is 9.85 Å². The molecule has 0 unspecified atom stereocenters. The van der Waals surface area contributed by atoms with Crippen LogP contribution in [0.1, 0.15) is 5.56 Å². The van der Waals surface area contributed by atoms with Gasteiger partial charge in [-0.05, 0) is 31.2 Å². The van der Waals surface area contributed by atoms with Gasteiger partial charge in [-0.3, -0.25) is 20.2 Å². The summed E-state index contributed by atoms with van der Waals surface area (Å²) < 4.78 is 0. The zero-order valence-electron chi connectivity index (χ0n) is 13.8. The van der Waals surface area contributed by atoms with E-state index in [0.29, 0.717) is 5.56 Å². The molecule has 3 rings (SSSR count). The Morgan fingerprint density at radius 3 is 1.80 bits per heavy atom. The van der Waals surface area contributed by atoms with Gasteiger partial charge in [0.25, 0.3) is 11.4 Å². The van der Waals surface area contributed by atoms with E-state index in [-0.39, 0.29) is 16.3 Å². The van der Waals surface area contributed by atoms with Crippen LogP contribution in [-0.2, 0) is 0 Å². The number of rotatable bonds is 4. The number of non-ortho nitro benzene ring substituents is 1. The quantitative estimate of drug-likeness (QED) is 0.626. The minimum Gasteiger partial charge on any atom is -0.368 e. The number of benzene rings is 2. The third kappa shape index (κ3) is 3.52. The molecule has 0 radical (unpaired) electrons. The van der Waals surface area contributed by atoms with E-state index in [1.54, 1.807) is 31.2 Å². The van der Waals surface area contributed by atoms with E-state index in [2.05, 4.69) is 9.80 Å². The Morgan fingerprint density at radius 2 is 1.32 bits per heavy atom. The zero-order valence-corrected chi connectivity index (χ0v) is 13.8. The minimum absolute atomic E-state index is 0.0868. The molecule has 2 aromatic rings. The maximum atomic E-state index is 10.9. The molecule has 0 aliphatic carbocycles. The third-order valence-corrected chi connectivity index (χ3v) is 4.45. The first-order chi connectivity index (χ1) is 12.0. The van der Waals surface area contributed by atoms with Crippen LogP contribution in [0.2, 0.25) is 0 Å². The van der Waals surface area contributed by atoms with Gasteiger partial charge in [-0.15, -0.1) is 0 Å². The van der Waals surface area contributed by atoms with Gasteiger partial charge in [0, 0.05) is 61.3 Å². The van der Waals surface area contributed by atoms with Crippen LogP contribution in [-0.4, -0.2) is 36.0 Å². The first kappa shape index (κ1) is 16.7. The van der Waals surface area contributed by atoms with Crippen LogP contribution in [0.3, 0.4) is 0 Å². The van der Waals surface area contributed by atoms with Crippen molar-refractivity contribution in [2.75, 3.05) is 36.0 Å². The van der Waals surface area contributed by atoms with Crippen molar-refractivity contribution in [2.45, 2.75) is 6.92 Å². The van der Waals surface area contributed by atoms with Gasteiger partial charge in [0.1, 0.15) is 0 Å². The van der Waals surface area contributed by atoms with Crippen LogP contribution in [0.25, 0.3) is 0 Å². The van der Waals surface area contributed by atoms with Gasteiger partial charge in [-0.25, -0.2) is 0 Å². The van der Waals surface area contributed by atoms with Crippen LogP contribution in [0.15, 0.2) is 42.5 Å². The van der Waals surface area contributed by atoms with Crippen molar-refractivity contribution < 1.29 is 9.85 Å². The summed E-state index contributed by atoms with van der Waals surface area (Å²) in [6.07, 6.45) is 0. The second-order valence-corrected chi connectivity index (χ2v) is 5.98. The lowest BCUT2D eigenvalue weighted by Gasteiger charge is -2.37. The smallest absolute Gasteiger partial charge is 0.272 e. The SMILES string of the molecule is Cc1cc(N2CCN(c3ccc([N+](=O)[O-])cc3)CC2)ccc1[N+](=O)[O-]. The Balaban J connectivity index is 1.66. The number of hydrogen-bond donors (Lipinski definition) is 0. The van der Waals surface area contributed by atoms with E-state index in [9.17, 15) is 20.2 Å². The molecule has 0 N–H and O–H groups in total. The van der Waals surface area contributed by atoms with Crippen molar-refractivity contribution in [3.63, 3.8) is 0 Å². The summed E-state index contributed by atoms with van der Waals surface area (Å²) in [5.74, 6) is 0. The van der Waals surface area contributed by atoms with Crippen LogP contribution in [0, 0.1) is 27.2 Å². The Morgan fingerprint density at radius 1 is 0.800 bits per heavy atom. The van der Waals surface area contributed by atoms with E-state index < -0.39 is 4.92 Å². The summed E-state index contributed by atoms with van der Waals surface area (Å²) in [5, 5.41) is 21.6. The Kier molecular flexibility index (Phi) is 4.51. The van der Waals surface area contributed by atoms with Gasteiger partial charge < -0.3 is 9.80 Å². The van der Waals surface area contributed by atoms with Gasteiger partial charge >= 0.3 is 0 Å². The second kappa shape index (κ2) is 6.76.